The van der Waals surface area contributed by atoms with Crippen LogP contribution in [0, 0.1) is 11.3 Å². The van der Waals surface area contributed by atoms with Crippen molar-refractivity contribution in [3.63, 3.8) is 0 Å². The van der Waals surface area contributed by atoms with Crippen molar-refractivity contribution in [1.82, 2.24) is 24.7 Å². The summed E-state index contributed by atoms with van der Waals surface area (Å²) in [5.74, 6) is 0. The molecule has 1 unspecified atom stereocenters. The molecule has 0 radical (unpaired) electrons. The van der Waals surface area contributed by atoms with Crippen molar-refractivity contribution in [2.75, 3.05) is 0 Å². The van der Waals surface area contributed by atoms with Gasteiger partial charge in [-0.25, -0.2) is 9.97 Å². The second-order valence-corrected chi connectivity index (χ2v) is 6.17. The highest BCUT2D eigenvalue weighted by Gasteiger charge is 2.31. The van der Waals surface area contributed by atoms with E-state index >= 15 is 0 Å². The molecule has 0 aliphatic rings. The largest absolute Gasteiger partial charge is 0.416 e. The highest BCUT2D eigenvalue weighted by Crippen LogP contribution is 2.33. The minimum absolute atomic E-state index is 0.0221. The van der Waals surface area contributed by atoms with Crippen molar-refractivity contribution in [3.8, 4) is 17.3 Å². The molecule has 28 heavy (non-hydrogen) atoms. The standard InChI is InChI=1S/C19H13F3N6/c20-19(21,22)14-3-1-2-12(8-14)16(4-6-23)28-10-13(9-27-28)17-15-5-7-24-18(15)26-11-25-17/h1-3,5,7-11,16H,4H2,(H,24,25,26). The molecule has 0 saturated heterocycles. The second-order valence-electron chi connectivity index (χ2n) is 6.17. The van der Waals surface area contributed by atoms with Crippen molar-refractivity contribution >= 4 is 11.0 Å². The van der Waals surface area contributed by atoms with E-state index < -0.39 is 17.8 Å². The molecule has 4 aromatic rings. The first kappa shape index (κ1) is 17.7. The minimum Gasteiger partial charge on any atom is -0.346 e. The first-order valence-corrected chi connectivity index (χ1v) is 8.34. The first-order valence-electron chi connectivity index (χ1n) is 8.34. The van der Waals surface area contributed by atoms with Crippen LogP contribution < -0.4 is 0 Å². The number of alkyl halides is 3. The van der Waals surface area contributed by atoms with Crippen LogP contribution in [0.5, 0.6) is 0 Å². The molecule has 0 aliphatic heterocycles. The van der Waals surface area contributed by atoms with Gasteiger partial charge < -0.3 is 4.98 Å². The van der Waals surface area contributed by atoms with Gasteiger partial charge >= 0.3 is 6.18 Å². The first-order chi connectivity index (χ1) is 13.5. The summed E-state index contributed by atoms with van der Waals surface area (Å²) in [7, 11) is 0. The summed E-state index contributed by atoms with van der Waals surface area (Å²) in [4.78, 5) is 11.4. The summed E-state index contributed by atoms with van der Waals surface area (Å²) < 4.78 is 40.7. The van der Waals surface area contributed by atoms with Crippen LogP contribution in [0.15, 0.2) is 55.2 Å². The molecule has 4 rings (SSSR count). The zero-order chi connectivity index (χ0) is 19.7. The van der Waals surface area contributed by atoms with E-state index in [4.69, 9.17) is 0 Å². The van der Waals surface area contributed by atoms with Crippen LogP contribution in [-0.2, 0) is 6.18 Å². The molecular formula is C19H13F3N6. The smallest absolute Gasteiger partial charge is 0.346 e. The highest BCUT2D eigenvalue weighted by atomic mass is 19.4. The van der Waals surface area contributed by atoms with Crippen LogP contribution in [0.2, 0.25) is 0 Å². The Morgan fingerprint density at radius 3 is 2.86 bits per heavy atom. The molecule has 6 nitrogen and oxygen atoms in total. The zero-order valence-electron chi connectivity index (χ0n) is 14.4. The van der Waals surface area contributed by atoms with Crippen molar-refractivity contribution in [2.45, 2.75) is 18.6 Å². The SMILES string of the molecule is N#CCC(c1cccc(C(F)(F)F)c1)n1cc(-c2ncnc3[nH]ccc23)cn1. The molecule has 0 aliphatic carbocycles. The van der Waals surface area contributed by atoms with Crippen LogP contribution in [-0.4, -0.2) is 24.7 Å². The predicted octanol–water partition coefficient (Wildman–Crippen LogP) is 4.34. The fourth-order valence-corrected chi connectivity index (χ4v) is 3.11. The van der Waals surface area contributed by atoms with Gasteiger partial charge in [-0.3, -0.25) is 4.68 Å². The maximum absolute atomic E-state index is 13.1. The number of aromatic nitrogens is 5. The molecule has 0 saturated carbocycles. The molecular weight excluding hydrogens is 369 g/mol. The number of hydrogen-bond acceptors (Lipinski definition) is 4. The Kier molecular flexibility index (Phi) is 4.31. The Morgan fingerprint density at radius 2 is 2.07 bits per heavy atom. The number of H-pyrrole nitrogens is 1. The van der Waals surface area contributed by atoms with Crippen LogP contribution in [0.4, 0.5) is 13.2 Å². The molecule has 0 spiro atoms. The Labute approximate surface area is 157 Å². The normalized spacial score (nSPS) is 12.8. The summed E-state index contributed by atoms with van der Waals surface area (Å²) in [5.41, 5.74) is 1.61. The van der Waals surface area contributed by atoms with Gasteiger partial charge in [0.25, 0.3) is 0 Å². The number of rotatable bonds is 4. The van der Waals surface area contributed by atoms with Gasteiger partial charge in [-0.05, 0) is 23.8 Å². The second kappa shape index (κ2) is 6.81. The molecule has 1 atom stereocenters. The Hall–Kier alpha value is -3.67. The van der Waals surface area contributed by atoms with Crippen molar-refractivity contribution in [1.29, 1.82) is 5.26 Å². The molecule has 1 aromatic carbocycles. The number of nitriles is 1. The zero-order valence-corrected chi connectivity index (χ0v) is 14.4. The summed E-state index contributed by atoms with van der Waals surface area (Å²) in [5, 5.41) is 14.3. The van der Waals surface area contributed by atoms with Crippen LogP contribution in [0.25, 0.3) is 22.3 Å². The molecule has 140 valence electrons. The van der Waals surface area contributed by atoms with Gasteiger partial charge in [0, 0.05) is 23.3 Å². The molecule has 3 heterocycles. The van der Waals surface area contributed by atoms with Gasteiger partial charge in [-0.1, -0.05) is 12.1 Å². The number of benzene rings is 1. The molecule has 3 aromatic heterocycles. The predicted molar refractivity (Wildman–Crippen MR) is 94.9 cm³/mol. The number of halogens is 3. The quantitative estimate of drug-likeness (QED) is 0.569. The monoisotopic (exact) mass is 382 g/mol. The third kappa shape index (κ3) is 3.20. The maximum atomic E-state index is 13.1. The van der Waals surface area contributed by atoms with E-state index in [1.54, 1.807) is 24.7 Å². The molecule has 0 amide bonds. The van der Waals surface area contributed by atoms with Crippen LogP contribution in [0.3, 0.4) is 0 Å². The van der Waals surface area contributed by atoms with Crippen molar-refractivity contribution < 1.29 is 13.2 Å². The molecule has 0 bridgehead atoms. The average molecular weight is 382 g/mol. The van der Waals surface area contributed by atoms with Crippen LogP contribution >= 0.6 is 0 Å². The van der Waals surface area contributed by atoms with E-state index in [1.807, 2.05) is 12.1 Å². The lowest BCUT2D eigenvalue weighted by Gasteiger charge is -2.17. The fraction of sp³-hybridized carbons (Fsp3) is 0.158. The molecule has 1 N–H and O–H groups in total. The lowest BCUT2D eigenvalue weighted by atomic mass is 10.0. The van der Waals surface area contributed by atoms with Gasteiger partial charge in [0.2, 0.25) is 0 Å². The van der Waals surface area contributed by atoms with Crippen molar-refractivity contribution in [3.05, 3.63) is 66.4 Å². The van der Waals surface area contributed by atoms with Gasteiger partial charge in [0.1, 0.15) is 12.0 Å². The van der Waals surface area contributed by atoms with Gasteiger partial charge in [0.15, 0.2) is 0 Å². The summed E-state index contributed by atoms with van der Waals surface area (Å²) in [6.07, 6.45) is 1.94. The van der Waals surface area contributed by atoms with E-state index in [0.717, 1.165) is 17.5 Å². The van der Waals surface area contributed by atoms with E-state index in [9.17, 15) is 18.4 Å². The molecule has 0 fully saturated rings. The summed E-state index contributed by atoms with van der Waals surface area (Å²) in [6, 6.07) is 8.17. The fourth-order valence-electron chi connectivity index (χ4n) is 3.11. The third-order valence-electron chi connectivity index (χ3n) is 4.43. The van der Waals surface area contributed by atoms with Crippen LogP contribution in [0.1, 0.15) is 23.6 Å². The summed E-state index contributed by atoms with van der Waals surface area (Å²) in [6.45, 7) is 0. The number of aromatic amines is 1. The van der Waals surface area contributed by atoms with Gasteiger partial charge in [-0.2, -0.15) is 23.5 Å². The number of nitrogens with zero attached hydrogens (tertiary/aromatic N) is 5. The topological polar surface area (TPSA) is 83.2 Å². The average Bonchev–Trinajstić information content (AvgIpc) is 3.34. The van der Waals surface area contributed by atoms with Gasteiger partial charge in [0.05, 0.1) is 36.0 Å². The van der Waals surface area contributed by atoms with Crippen molar-refractivity contribution in [2.24, 2.45) is 0 Å². The Morgan fingerprint density at radius 1 is 1.21 bits per heavy atom. The van der Waals surface area contributed by atoms with E-state index in [-0.39, 0.29) is 6.42 Å². The third-order valence-corrected chi connectivity index (χ3v) is 4.43. The Balaban J connectivity index is 1.75. The number of fused-ring (bicyclic) bond motifs is 1. The van der Waals surface area contributed by atoms with E-state index in [2.05, 4.69) is 20.1 Å². The number of hydrogen-bond donors (Lipinski definition) is 1. The highest BCUT2D eigenvalue weighted by molar-refractivity contribution is 5.89. The maximum Gasteiger partial charge on any atom is 0.416 e. The lowest BCUT2D eigenvalue weighted by molar-refractivity contribution is -0.137. The Bertz CT molecular complexity index is 1170. The minimum atomic E-state index is -4.46. The lowest BCUT2D eigenvalue weighted by Crippen LogP contribution is -2.13. The number of nitrogens with one attached hydrogen (secondary N) is 1. The molecule has 9 heteroatoms. The van der Waals surface area contributed by atoms with Gasteiger partial charge in [-0.15, -0.1) is 0 Å². The summed E-state index contributed by atoms with van der Waals surface area (Å²) >= 11 is 0. The van der Waals surface area contributed by atoms with E-state index in [0.29, 0.717) is 22.5 Å². The van der Waals surface area contributed by atoms with E-state index in [1.165, 1.54) is 17.1 Å².